The molecular formula is C14H15N3OS. The van der Waals surface area contributed by atoms with Gasteiger partial charge in [-0.3, -0.25) is 0 Å². The van der Waals surface area contributed by atoms with Gasteiger partial charge in [-0.25, -0.2) is 4.98 Å². The van der Waals surface area contributed by atoms with E-state index in [1.807, 2.05) is 30.3 Å². The number of nitrogens with zero attached hydrogens (tertiary/aromatic N) is 2. The van der Waals surface area contributed by atoms with Crippen molar-refractivity contribution in [3.63, 3.8) is 0 Å². The van der Waals surface area contributed by atoms with Crippen LogP contribution in [0.2, 0.25) is 0 Å². The van der Waals surface area contributed by atoms with Crippen LogP contribution < -0.4 is 10.6 Å². The maximum absolute atomic E-state index is 5.80. The molecule has 3 rings (SSSR count). The van der Waals surface area contributed by atoms with Crippen LogP contribution in [0.4, 0.5) is 10.8 Å². The monoisotopic (exact) mass is 273 g/mol. The second kappa shape index (κ2) is 4.93. The summed E-state index contributed by atoms with van der Waals surface area (Å²) >= 11 is 1.66. The first kappa shape index (κ1) is 12.0. The van der Waals surface area contributed by atoms with Gasteiger partial charge in [0.2, 0.25) is 0 Å². The average Bonchev–Trinajstić information content (AvgIpc) is 3.03. The van der Waals surface area contributed by atoms with Gasteiger partial charge < -0.3 is 15.1 Å². The Bertz CT molecular complexity index is 675. The molecule has 0 aliphatic rings. The van der Waals surface area contributed by atoms with Crippen LogP contribution >= 0.6 is 11.3 Å². The summed E-state index contributed by atoms with van der Waals surface area (Å²) in [6, 6.07) is 9.70. The minimum Gasteiger partial charge on any atom is -0.467 e. The number of nitrogens with two attached hydrogens (primary N) is 1. The fourth-order valence-electron chi connectivity index (χ4n) is 1.97. The van der Waals surface area contributed by atoms with E-state index in [1.54, 1.807) is 17.6 Å². The van der Waals surface area contributed by atoms with E-state index >= 15 is 0 Å². The van der Waals surface area contributed by atoms with E-state index in [4.69, 9.17) is 10.2 Å². The minimum absolute atomic E-state index is 0.735. The van der Waals surface area contributed by atoms with Crippen molar-refractivity contribution < 1.29 is 4.42 Å². The van der Waals surface area contributed by atoms with Crippen molar-refractivity contribution in [2.24, 2.45) is 0 Å². The molecule has 2 heterocycles. The standard InChI is InChI=1S/C14H15N3OS/c1-2-17(9-11-4-3-7-18-11)14-16-12-6-5-10(15)8-13(12)19-14/h3-8H,2,9,15H2,1H3. The molecule has 2 N–H and O–H groups in total. The number of rotatable bonds is 4. The van der Waals surface area contributed by atoms with Gasteiger partial charge >= 0.3 is 0 Å². The third-order valence-electron chi connectivity index (χ3n) is 2.98. The molecule has 0 unspecified atom stereocenters. The fraction of sp³-hybridized carbons (Fsp3) is 0.214. The van der Waals surface area contributed by atoms with Gasteiger partial charge in [0, 0.05) is 12.2 Å². The van der Waals surface area contributed by atoms with E-state index in [-0.39, 0.29) is 0 Å². The lowest BCUT2D eigenvalue weighted by atomic mass is 10.3. The van der Waals surface area contributed by atoms with E-state index in [1.165, 1.54) is 0 Å². The number of hydrogen-bond donors (Lipinski definition) is 1. The van der Waals surface area contributed by atoms with Crippen molar-refractivity contribution in [3.05, 3.63) is 42.4 Å². The van der Waals surface area contributed by atoms with Gasteiger partial charge in [-0.1, -0.05) is 11.3 Å². The molecule has 0 radical (unpaired) electrons. The predicted octanol–water partition coefficient (Wildman–Crippen LogP) is 3.50. The summed E-state index contributed by atoms with van der Waals surface area (Å²) in [5.41, 5.74) is 7.57. The second-order valence-corrected chi connectivity index (χ2v) is 5.33. The Balaban J connectivity index is 1.92. The minimum atomic E-state index is 0.735. The van der Waals surface area contributed by atoms with Crippen LogP contribution in [0.1, 0.15) is 12.7 Å². The van der Waals surface area contributed by atoms with Crippen LogP contribution in [0, 0.1) is 0 Å². The Morgan fingerprint density at radius 3 is 3.00 bits per heavy atom. The molecule has 0 bridgehead atoms. The Hall–Kier alpha value is -2.01. The summed E-state index contributed by atoms with van der Waals surface area (Å²) in [4.78, 5) is 6.85. The summed E-state index contributed by atoms with van der Waals surface area (Å²) in [7, 11) is 0. The SMILES string of the molecule is CCN(Cc1ccco1)c1nc2ccc(N)cc2s1. The lowest BCUT2D eigenvalue weighted by Gasteiger charge is -2.17. The molecule has 0 saturated carbocycles. The molecule has 0 amide bonds. The zero-order valence-corrected chi connectivity index (χ0v) is 11.5. The summed E-state index contributed by atoms with van der Waals surface area (Å²) in [5.74, 6) is 0.945. The highest BCUT2D eigenvalue weighted by atomic mass is 32.1. The van der Waals surface area contributed by atoms with E-state index < -0.39 is 0 Å². The zero-order chi connectivity index (χ0) is 13.2. The van der Waals surface area contributed by atoms with Crippen LogP contribution in [0.25, 0.3) is 10.2 Å². The van der Waals surface area contributed by atoms with Gasteiger partial charge in [0.1, 0.15) is 5.76 Å². The van der Waals surface area contributed by atoms with Crippen molar-refractivity contribution in [1.82, 2.24) is 4.98 Å². The summed E-state index contributed by atoms with van der Waals surface area (Å²) < 4.78 is 6.51. The smallest absolute Gasteiger partial charge is 0.186 e. The molecule has 19 heavy (non-hydrogen) atoms. The highest BCUT2D eigenvalue weighted by Gasteiger charge is 2.12. The predicted molar refractivity (Wildman–Crippen MR) is 79.5 cm³/mol. The molecule has 0 saturated heterocycles. The zero-order valence-electron chi connectivity index (χ0n) is 10.7. The van der Waals surface area contributed by atoms with Crippen LogP contribution in [0.5, 0.6) is 0 Å². The largest absolute Gasteiger partial charge is 0.467 e. The Labute approximate surface area is 115 Å². The maximum atomic E-state index is 5.80. The summed E-state index contributed by atoms with van der Waals surface area (Å²) in [5, 5.41) is 1.000. The molecule has 0 spiro atoms. The number of anilines is 2. The maximum Gasteiger partial charge on any atom is 0.186 e. The number of nitrogen functional groups attached to an aromatic ring is 1. The normalized spacial score (nSPS) is 11.0. The summed E-state index contributed by atoms with van der Waals surface area (Å²) in [6.45, 7) is 3.73. The first-order chi connectivity index (χ1) is 9.26. The molecule has 0 fully saturated rings. The van der Waals surface area contributed by atoms with Crippen LogP contribution in [-0.2, 0) is 6.54 Å². The van der Waals surface area contributed by atoms with Crippen LogP contribution in [0.15, 0.2) is 41.0 Å². The van der Waals surface area contributed by atoms with Crippen molar-refractivity contribution in [2.75, 3.05) is 17.2 Å². The molecule has 98 valence electrons. The van der Waals surface area contributed by atoms with Crippen molar-refractivity contribution in [1.29, 1.82) is 0 Å². The van der Waals surface area contributed by atoms with Gasteiger partial charge in [0.25, 0.3) is 0 Å². The van der Waals surface area contributed by atoms with E-state index in [0.29, 0.717) is 0 Å². The highest BCUT2D eigenvalue weighted by molar-refractivity contribution is 7.22. The first-order valence-corrected chi connectivity index (χ1v) is 7.01. The number of aromatic nitrogens is 1. The lowest BCUT2D eigenvalue weighted by molar-refractivity contribution is 0.503. The van der Waals surface area contributed by atoms with E-state index in [0.717, 1.165) is 39.9 Å². The topological polar surface area (TPSA) is 55.3 Å². The second-order valence-electron chi connectivity index (χ2n) is 4.32. The average molecular weight is 273 g/mol. The molecular weight excluding hydrogens is 258 g/mol. The van der Waals surface area contributed by atoms with Crippen molar-refractivity contribution in [2.45, 2.75) is 13.5 Å². The van der Waals surface area contributed by atoms with Gasteiger partial charge in [0.15, 0.2) is 5.13 Å². The highest BCUT2D eigenvalue weighted by Crippen LogP contribution is 2.30. The molecule has 5 heteroatoms. The third-order valence-corrected chi connectivity index (χ3v) is 4.06. The molecule has 0 aliphatic carbocycles. The molecule has 0 aliphatic heterocycles. The van der Waals surface area contributed by atoms with Crippen molar-refractivity contribution >= 4 is 32.4 Å². The number of benzene rings is 1. The molecule has 3 aromatic rings. The first-order valence-electron chi connectivity index (χ1n) is 6.19. The van der Waals surface area contributed by atoms with Gasteiger partial charge in [-0.15, -0.1) is 0 Å². The van der Waals surface area contributed by atoms with Gasteiger partial charge in [-0.2, -0.15) is 0 Å². The number of fused-ring (bicyclic) bond motifs is 1. The van der Waals surface area contributed by atoms with E-state index in [9.17, 15) is 0 Å². The van der Waals surface area contributed by atoms with Gasteiger partial charge in [0.05, 0.1) is 23.0 Å². The molecule has 0 atom stereocenters. The summed E-state index contributed by atoms with van der Waals surface area (Å²) in [6.07, 6.45) is 1.70. The number of furan rings is 1. The molecule has 2 aromatic heterocycles. The van der Waals surface area contributed by atoms with E-state index in [2.05, 4.69) is 16.8 Å². The fourth-order valence-corrected chi connectivity index (χ4v) is 3.05. The lowest BCUT2D eigenvalue weighted by Crippen LogP contribution is -2.21. The van der Waals surface area contributed by atoms with Gasteiger partial charge in [-0.05, 0) is 37.3 Å². The molecule has 4 nitrogen and oxygen atoms in total. The van der Waals surface area contributed by atoms with Crippen LogP contribution in [-0.4, -0.2) is 11.5 Å². The Morgan fingerprint density at radius 1 is 1.37 bits per heavy atom. The number of hydrogen-bond acceptors (Lipinski definition) is 5. The Kier molecular flexibility index (Phi) is 3.13. The number of thiazole rings is 1. The quantitative estimate of drug-likeness (QED) is 0.739. The Morgan fingerprint density at radius 2 is 2.26 bits per heavy atom. The third kappa shape index (κ3) is 2.42. The van der Waals surface area contributed by atoms with Crippen molar-refractivity contribution in [3.8, 4) is 0 Å². The van der Waals surface area contributed by atoms with Crippen LogP contribution in [0.3, 0.4) is 0 Å². The molecule has 1 aromatic carbocycles.